The van der Waals surface area contributed by atoms with Crippen LogP contribution < -0.4 is 28.7 Å². The maximum Gasteiger partial charge on any atom is 0.203 e. The highest BCUT2D eigenvalue weighted by molar-refractivity contribution is 5.55. The van der Waals surface area contributed by atoms with E-state index >= 15 is 0 Å². The van der Waals surface area contributed by atoms with Crippen molar-refractivity contribution in [1.29, 1.82) is 0 Å². The Morgan fingerprint density at radius 2 is 1.39 bits per heavy atom. The Morgan fingerprint density at radius 1 is 0.714 bits per heavy atom. The summed E-state index contributed by atoms with van der Waals surface area (Å²) in [4.78, 5) is 3.19. The third-order valence-electron chi connectivity index (χ3n) is 5.48. The van der Waals surface area contributed by atoms with Gasteiger partial charge in [0.15, 0.2) is 11.5 Å². The van der Waals surface area contributed by atoms with E-state index in [2.05, 4.69) is 24.3 Å². The Kier molecular flexibility index (Phi) is 7.01. The van der Waals surface area contributed by atoms with Gasteiger partial charge in [-0.3, -0.25) is 0 Å². The van der Waals surface area contributed by atoms with Gasteiger partial charge >= 0.3 is 0 Å². The molecule has 6 heteroatoms. The standard InChI is InChI=1S/C22H30N2O4/c1-25-19-7-5-6-17(14-19)15-23-10-12-24(13-11-23)16-18-8-9-20(26-2)22(28-4)21(18)27-3/h5-9,14H,10-13,15-16H2,1-4H3/p+2. The first-order valence-electron chi connectivity index (χ1n) is 9.76. The number of hydrogen-bond donors (Lipinski definition) is 2. The van der Waals surface area contributed by atoms with Crippen molar-refractivity contribution in [2.24, 2.45) is 0 Å². The Morgan fingerprint density at radius 3 is 2.00 bits per heavy atom. The average molecular weight is 389 g/mol. The highest BCUT2D eigenvalue weighted by Gasteiger charge is 2.25. The third-order valence-corrected chi connectivity index (χ3v) is 5.48. The zero-order chi connectivity index (χ0) is 19.9. The van der Waals surface area contributed by atoms with Crippen LogP contribution in [0.15, 0.2) is 36.4 Å². The number of methoxy groups -OCH3 is 4. The van der Waals surface area contributed by atoms with Gasteiger partial charge in [-0.05, 0) is 24.3 Å². The molecule has 1 aliphatic rings. The fourth-order valence-electron chi connectivity index (χ4n) is 3.95. The van der Waals surface area contributed by atoms with Crippen LogP contribution in [0.25, 0.3) is 0 Å². The number of hydrogen-bond acceptors (Lipinski definition) is 4. The Bertz CT molecular complexity index is 773. The molecular formula is C22H32N2O4+2. The third kappa shape index (κ3) is 4.69. The van der Waals surface area contributed by atoms with Crippen molar-refractivity contribution in [2.45, 2.75) is 13.1 Å². The maximum atomic E-state index is 5.64. The fourth-order valence-corrected chi connectivity index (χ4v) is 3.95. The van der Waals surface area contributed by atoms with Crippen LogP contribution in [0.1, 0.15) is 11.1 Å². The predicted molar refractivity (Wildman–Crippen MR) is 108 cm³/mol. The summed E-state index contributed by atoms with van der Waals surface area (Å²) in [5.74, 6) is 3.08. The summed E-state index contributed by atoms with van der Waals surface area (Å²) in [6.07, 6.45) is 0. The normalized spacial score (nSPS) is 19.1. The van der Waals surface area contributed by atoms with Gasteiger partial charge in [0, 0.05) is 5.56 Å². The molecule has 0 bridgehead atoms. The van der Waals surface area contributed by atoms with Crippen LogP contribution in [-0.2, 0) is 13.1 Å². The summed E-state index contributed by atoms with van der Waals surface area (Å²) in [5.41, 5.74) is 2.49. The van der Waals surface area contributed by atoms with E-state index in [9.17, 15) is 0 Å². The molecule has 2 aromatic rings. The number of quaternary nitrogens is 2. The van der Waals surface area contributed by atoms with Crippen molar-refractivity contribution in [3.8, 4) is 23.0 Å². The molecule has 1 fully saturated rings. The molecule has 0 unspecified atom stereocenters. The molecule has 152 valence electrons. The van der Waals surface area contributed by atoms with E-state index in [0.29, 0.717) is 11.5 Å². The number of rotatable bonds is 8. The highest BCUT2D eigenvalue weighted by Crippen LogP contribution is 2.39. The molecule has 0 aliphatic carbocycles. The van der Waals surface area contributed by atoms with E-state index in [0.717, 1.165) is 56.3 Å². The van der Waals surface area contributed by atoms with Crippen molar-refractivity contribution in [1.82, 2.24) is 0 Å². The molecule has 1 heterocycles. The highest BCUT2D eigenvalue weighted by atomic mass is 16.5. The predicted octanol–water partition coefficient (Wildman–Crippen LogP) is 0.205. The summed E-state index contributed by atoms with van der Waals surface area (Å²) in [6, 6.07) is 12.4. The molecule has 6 nitrogen and oxygen atoms in total. The minimum absolute atomic E-state index is 0.671. The van der Waals surface area contributed by atoms with Crippen LogP contribution in [0.4, 0.5) is 0 Å². The van der Waals surface area contributed by atoms with Gasteiger partial charge in [-0.25, -0.2) is 0 Å². The van der Waals surface area contributed by atoms with Crippen molar-refractivity contribution < 1.29 is 28.7 Å². The van der Waals surface area contributed by atoms with Crippen molar-refractivity contribution in [2.75, 3.05) is 54.6 Å². The van der Waals surface area contributed by atoms with Crippen LogP contribution in [0.3, 0.4) is 0 Å². The number of benzene rings is 2. The minimum Gasteiger partial charge on any atom is -0.497 e. The summed E-state index contributed by atoms with van der Waals surface area (Å²) in [7, 11) is 6.70. The first-order chi connectivity index (χ1) is 13.7. The van der Waals surface area contributed by atoms with Crippen LogP contribution >= 0.6 is 0 Å². The first kappa shape index (κ1) is 20.3. The minimum atomic E-state index is 0.671. The largest absolute Gasteiger partial charge is 0.497 e. The number of piperazine rings is 1. The lowest BCUT2D eigenvalue weighted by Crippen LogP contribution is -3.27. The van der Waals surface area contributed by atoms with Crippen LogP contribution in [-0.4, -0.2) is 54.6 Å². The molecule has 28 heavy (non-hydrogen) atoms. The van der Waals surface area contributed by atoms with Crippen molar-refractivity contribution in [3.63, 3.8) is 0 Å². The molecule has 3 rings (SSSR count). The molecule has 1 saturated heterocycles. The van der Waals surface area contributed by atoms with Crippen LogP contribution in [0, 0.1) is 0 Å². The molecule has 2 N–H and O–H groups in total. The maximum absolute atomic E-state index is 5.64. The van der Waals surface area contributed by atoms with Gasteiger partial charge in [0.2, 0.25) is 5.75 Å². The van der Waals surface area contributed by atoms with Gasteiger partial charge in [0.25, 0.3) is 0 Å². The van der Waals surface area contributed by atoms with Gasteiger partial charge in [-0.15, -0.1) is 0 Å². The molecule has 0 amide bonds. The topological polar surface area (TPSA) is 45.8 Å². The van der Waals surface area contributed by atoms with Crippen LogP contribution in [0.5, 0.6) is 23.0 Å². The molecule has 0 saturated carbocycles. The second kappa shape index (κ2) is 9.66. The lowest BCUT2D eigenvalue weighted by molar-refractivity contribution is -1.02. The Balaban J connectivity index is 1.60. The molecule has 0 spiro atoms. The summed E-state index contributed by atoms with van der Waals surface area (Å²) in [6.45, 7) is 6.55. The quantitative estimate of drug-likeness (QED) is 0.679. The molecule has 0 radical (unpaired) electrons. The molecular weight excluding hydrogens is 356 g/mol. The number of nitrogens with one attached hydrogen (secondary N) is 2. The van der Waals surface area contributed by atoms with Crippen LogP contribution in [0.2, 0.25) is 0 Å². The Hall–Kier alpha value is -2.44. The van der Waals surface area contributed by atoms with Gasteiger partial charge in [0.05, 0.1) is 34.0 Å². The zero-order valence-electron chi connectivity index (χ0n) is 17.3. The molecule has 0 aromatic heterocycles. The lowest BCUT2D eigenvalue weighted by Gasteiger charge is -2.30. The van der Waals surface area contributed by atoms with E-state index in [1.807, 2.05) is 12.1 Å². The summed E-state index contributed by atoms with van der Waals surface area (Å²) in [5, 5.41) is 0. The fraction of sp³-hybridized carbons (Fsp3) is 0.455. The number of ether oxygens (including phenoxy) is 4. The van der Waals surface area contributed by atoms with Crippen molar-refractivity contribution >= 4 is 0 Å². The van der Waals surface area contributed by atoms with Gasteiger partial charge in [-0.2, -0.15) is 0 Å². The van der Waals surface area contributed by atoms with Gasteiger partial charge in [0.1, 0.15) is 45.0 Å². The Labute approximate surface area is 167 Å². The second-order valence-corrected chi connectivity index (χ2v) is 7.20. The summed E-state index contributed by atoms with van der Waals surface area (Å²) < 4.78 is 21.9. The van der Waals surface area contributed by atoms with E-state index in [-0.39, 0.29) is 0 Å². The van der Waals surface area contributed by atoms with E-state index in [1.165, 1.54) is 5.56 Å². The lowest BCUT2D eigenvalue weighted by atomic mass is 10.1. The first-order valence-corrected chi connectivity index (χ1v) is 9.76. The molecule has 2 aromatic carbocycles. The van der Waals surface area contributed by atoms with E-state index in [4.69, 9.17) is 18.9 Å². The molecule has 1 aliphatic heterocycles. The second-order valence-electron chi connectivity index (χ2n) is 7.20. The van der Waals surface area contributed by atoms with E-state index in [1.54, 1.807) is 38.2 Å². The average Bonchev–Trinajstić information content (AvgIpc) is 2.74. The van der Waals surface area contributed by atoms with E-state index < -0.39 is 0 Å². The summed E-state index contributed by atoms with van der Waals surface area (Å²) >= 11 is 0. The van der Waals surface area contributed by atoms with Gasteiger partial charge in [-0.1, -0.05) is 12.1 Å². The smallest absolute Gasteiger partial charge is 0.203 e. The SMILES string of the molecule is COc1cccc(C[NH+]2CC[NH+](Cc3ccc(OC)c(OC)c3OC)CC2)c1. The molecule has 0 atom stereocenters. The van der Waals surface area contributed by atoms with Crippen molar-refractivity contribution in [3.05, 3.63) is 47.5 Å². The van der Waals surface area contributed by atoms with Gasteiger partial charge < -0.3 is 28.7 Å². The zero-order valence-corrected chi connectivity index (χ0v) is 17.3. The monoisotopic (exact) mass is 388 g/mol.